The lowest BCUT2D eigenvalue weighted by Gasteiger charge is -2.43. The second kappa shape index (κ2) is 8.70. The summed E-state index contributed by atoms with van der Waals surface area (Å²) >= 11 is 0. The van der Waals surface area contributed by atoms with Crippen LogP contribution in [0.25, 0.3) is 10.9 Å². The molecule has 2 aromatic rings. The Labute approximate surface area is 194 Å². The van der Waals surface area contributed by atoms with Crippen molar-refractivity contribution in [1.29, 1.82) is 0 Å². The minimum Gasteiger partial charge on any atom is -0.465 e. The van der Waals surface area contributed by atoms with Crippen molar-refractivity contribution in [2.24, 2.45) is 0 Å². The number of carbonyl (C=O) groups excluding carboxylic acids is 1. The van der Waals surface area contributed by atoms with E-state index < -0.39 is 0 Å². The Hall–Kier alpha value is -2.49. The molecule has 4 unspecified atom stereocenters. The van der Waals surface area contributed by atoms with Gasteiger partial charge in [-0.05, 0) is 64.0 Å². The molecule has 2 aromatic heterocycles. The van der Waals surface area contributed by atoms with Crippen molar-refractivity contribution in [3.8, 4) is 0 Å². The summed E-state index contributed by atoms with van der Waals surface area (Å²) in [5.41, 5.74) is 7.46. The molecule has 9 heteroatoms. The van der Waals surface area contributed by atoms with Crippen LogP contribution in [0.15, 0.2) is 24.4 Å². The summed E-state index contributed by atoms with van der Waals surface area (Å²) in [6.45, 7) is 2.73. The third kappa shape index (κ3) is 4.13. The number of hydrogen-bond acceptors (Lipinski definition) is 9. The first-order valence-electron chi connectivity index (χ1n) is 12.4. The van der Waals surface area contributed by atoms with Gasteiger partial charge < -0.3 is 15.4 Å². The van der Waals surface area contributed by atoms with Crippen LogP contribution in [0.4, 0.5) is 11.6 Å². The molecule has 6 atom stereocenters. The average Bonchev–Trinajstić information content (AvgIpc) is 3.33. The van der Waals surface area contributed by atoms with Crippen molar-refractivity contribution >= 4 is 28.5 Å². The molecule has 0 aromatic carbocycles. The fourth-order valence-electron chi connectivity index (χ4n) is 6.21. The average molecular weight is 452 g/mol. The maximum absolute atomic E-state index is 12.4. The summed E-state index contributed by atoms with van der Waals surface area (Å²) < 4.78 is 5.38. The number of rotatable bonds is 5. The summed E-state index contributed by atoms with van der Waals surface area (Å²) in [6, 6.07) is 7.62. The molecule has 0 radical (unpaired) electrons. The highest BCUT2D eigenvalue weighted by atomic mass is 16.5. The minimum absolute atomic E-state index is 0.0219. The van der Waals surface area contributed by atoms with Gasteiger partial charge in [-0.25, -0.2) is 10.4 Å². The van der Waals surface area contributed by atoms with E-state index >= 15 is 0 Å². The first kappa shape index (κ1) is 21.1. The van der Waals surface area contributed by atoms with E-state index in [0.717, 1.165) is 67.5 Å². The van der Waals surface area contributed by atoms with Crippen LogP contribution in [-0.2, 0) is 9.53 Å². The van der Waals surface area contributed by atoms with E-state index in [1.54, 1.807) is 0 Å². The highest BCUT2D eigenvalue weighted by molar-refractivity contribution is 5.91. The molecule has 4 N–H and O–H groups in total. The largest absolute Gasteiger partial charge is 0.465 e. The van der Waals surface area contributed by atoms with Crippen LogP contribution < -0.4 is 21.5 Å². The molecule has 4 saturated heterocycles. The smallest absolute Gasteiger partial charge is 0.323 e. The van der Waals surface area contributed by atoms with Crippen LogP contribution in [-0.4, -0.2) is 63.8 Å². The molecular formula is C24H33N7O2. The molecule has 4 aliphatic rings. The molecule has 4 fully saturated rings. The first-order chi connectivity index (χ1) is 16.1. The number of carbonyl (C=O) groups is 1. The second-order valence-corrected chi connectivity index (χ2v) is 10.0. The summed E-state index contributed by atoms with van der Waals surface area (Å²) in [5, 5.41) is 8.31. The first-order valence-corrected chi connectivity index (χ1v) is 12.4. The van der Waals surface area contributed by atoms with Gasteiger partial charge in [0.1, 0.15) is 17.7 Å². The summed E-state index contributed by atoms with van der Waals surface area (Å²) in [6.07, 6.45) is 9.20. The van der Waals surface area contributed by atoms with E-state index in [0.29, 0.717) is 30.8 Å². The van der Waals surface area contributed by atoms with Crippen LogP contribution in [0.5, 0.6) is 0 Å². The molecule has 0 saturated carbocycles. The predicted molar refractivity (Wildman–Crippen MR) is 127 cm³/mol. The molecule has 176 valence electrons. The van der Waals surface area contributed by atoms with Crippen LogP contribution in [0.3, 0.4) is 0 Å². The van der Waals surface area contributed by atoms with Gasteiger partial charge in [0.05, 0.1) is 18.3 Å². The number of pyridine rings is 2. The number of fused-ring (bicyclic) bond motifs is 3. The van der Waals surface area contributed by atoms with Crippen molar-refractivity contribution in [3.63, 3.8) is 0 Å². The van der Waals surface area contributed by atoms with Crippen LogP contribution >= 0.6 is 0 Å². The number of ether oxygens (including phenoxy) is 1. The molecular weight excluding hydrogens is 418 g/mol. The number of piperidine rings is 1. The zero-order valence-corrected chi connectivity index (χ0v) is 19.1. The van der Waals surface area contributed by atoms with E-state index in [4.69, 9.17) is 9.72 Å². The Kier molecular flexibility index (Phi) is 5.55. The number of hydrogen-bond donors (Lipinski definition) is 4. The maximum atomic E-state index is 12.4. The van der Waals surface area contributed by atoms with Gasteiger partial charge in [0, 0.05) is 41.8 Å². The fraction of sp³-hybridized carbons (Fsp3) is 0.625. The molecule has 6 heterocycles. The number of aromatic nitrogens is 2. The van der Waals surface area contributed by atoms with Crippen molar-refractivity contribution in [2.75, 3.05) is 17.2 Å². The Morgan fingerprint density at radius 3 is 2.73 bits per heavy atom. The Balaban J connectivity index is 1.21. The van der Waals surface area contributed by atoms with Gasteiger partial charge in [-0.3, -0.25) is 20.1 Å². The van der Waals surface area contributed by atoms with E-state index in [9.17, 15) is 4.79 Å². The minimum atomic E-state index is -0.0530. The SMILES string of the molecule is CC1CC(Nc2cc3ncccc3c(NC3C[C@H]4CC[C@@H](C3)N4C3CCCOC3=O)n2)NN1. The number of anilines is 2. The molecule has 33 heavy (non-hydrogen) atoms. The van der Waals surface area contributed by atoms with Crippen LogP contribution in [0.2, 0.25) is 0 Å². The molecule has 2 bridgehead atoms. The Morgan fingerprint density at radius 1 is 1.12 bits per heavy atom. The van der Waals surface area contributed by atoms with Gasteiger partial charge in [-0.2, -0.15) is 0 Å². The lowest BCUT2D eigenvalue weighted by molar-refractivity contribution is -0.157. The van der Waals surface area contributed by atoms with Gasteiger partial charge in [0.15, 0.2) is 0 Å². The number of cyclic esters (lactones) is 1. The molecule has 6 rings (SSSR count). The van der Waals surface area contributed by atoms with Gasteiger partial charge in [-0.15, -0.1) is 0 Å². The van der Waals surface area contributed by atoms with E-state index in [1.165, 1.54) is 0 Å². The summed E-state index contributed by atoms with van der Waals surface area (Å²) in [5.74, 6) is 1.69. The van der Waals surface area contributed by atoms with Gasteiger partial charge >= 0.3 is 5.97 Å². The second-order valence-electron chi connectivity index (χ2n) is 10.0. The highest BCUT2D eigenvalue weighted by Crippen LogP contribution is 2.40. The van der Waals surface area contributed by atoms with E-state index in [-0.39, 0.29) is 18.2 Å². The third-order valence-corrected chi connectivity index (χ3v) is 7.64. The topological polar surface area (TPSA) is 103 Å². The van der Waals surface area contributed by atoms with Gasteiger partial charge in [0.25, 0.3) is 0 Å². The molecule has 4 aliphatic heterocycles. The number of nitrogens with one attached hydrogen (secondary N) is 4. The molecule has 0 amide bonds. The maximum Gasteiger partial charge on any atom is 0.323 e. The lowest BCUT2D eigenvalue weighted by Crippen LogP contribution is -2.55. The fourth-order valence-corrected chi connectivity index (χ4v) is 6.21. The van der Waals surface area contributed by atoms with Gasteiger partial charge in [0.2, 0.25) is 0 Å². The number of esters is 1. The standard InChI is InChI=1S/C24H33N7O2/c1-14-10-22(30-29-14)27-21-13-19-18(4-2-8-25-19)23(28-21)26-15-11-16-6-7-17(12-15)31(16)20-5-3-9-33-24(20)32/h2,4,8,13-17,20,22,29-30H,3,5-7,9-12H2,1H3,(H2,26,27,28)/t14?,15?,16-,17+,20?,22?. The highest BCUT2D eigenvalue weighted by Gasteiger charge is 2.47. The Morgan fingerprint density at radius 2 is 1.97 bits per heavy atom. The number of nitrogens with zero attached hydrogens (tertiary/aromatic N) is 3. The molecule has 0 spiro atoms. The van der Waals surface area contributed by atoms with Crippen molar-refractivity contribution in [1.82, 2.24) is 25.7 Å². The van der Waals surface area contributed by atoms with Crippen LogP contribution in [0, 0.1) is 0 Å². The third-order valence-electron chi connectivity index (χ3n) is 7.64. The van der Waals surface area contributed by atoms with Gasteiger partial charge in [-0.1, -0.05) is 0 Å². The van der Waals surface area contributed by atoms with Crippen molar-refractivity contribution < 1.29 is 9.53 Å². The molecule has 0 aliphatic carbocycles. The zero-order chi connectivity index (χ0) is 22.4. The van der Waals surface area contributed by atoms with E-state index in [1.807, 2.05) is 18.3 Å². The van der Waals surface area contributed by atoms with Crippen LogP contribution in [0.1, 0.15) is 51.9 Å². The molecule has 9 nitrogen and oxygen atoms in total. The summed E-state index contributed by atoms with van der Waals surface area (Å²) in [4.78, 5) is 24.4. The Bertz CT molecular complexity index is 1020. The lowest BCUT2D eigenvalue weighted by atomic mass is 9.93. The van der Waals surface area contributed by atoms with E-state index in [2.05, 4.69) is 44.4 Å². The normalized spacial score (nSPS) is 34.4. The van der Waals surface area contributed by atoms with Crippen molar-refractivity contribution in [2.45, 2.75) is 88.2 Å². The quantitative estimate of drug-likeness (QED) is 0.510. The predicted octanol–water partition coefficient (Wildman–Crippen LogP) is 2.37. The zero-order valence-electron chi connectivity index (χ0n) is 19.1. The summed E-state index contributed by atoms with van der Waals surface area (Å²) in [7, 11) is 0. The van der Waals surface area contributed by atoms with Crippen molar-refractivity contribution in [3.05, 3.63) is 24.4 Å². The monoisotopic (exact) mass is 451 g/mol. The number of hydrazine groups is 1.